The molecule has 0 bridgehead atoms. The second-order valence-electron chi connectivity index (χ2n) is 7.19. The van der Waals surface area contributed by atoms with Crippen molar-refractivity contribution in [1.82, 2.24) is 0 Å². The van der Waals surface area contributed by atoms with Crippen molar-refractivity contribution < 1.29 is 0 Å². The third-order valence-electron chi connectivity index (χ3n) is 4.95. The Bertz CT molecular complexity index is 1090. The molecule has 146 valence electrons. The maximum absolute atomic E-state index is 2.23. The molecule has 1 heteroatoms. The van der Waals surface area contributed by atoms with Crippen LogP contribution in [0.2, 0.25) is 0 Å². The van der Waals surface area contributed by atoms with Gasteiger partial charge in [-0.15, -0.1) is 0 Å². The lowest BCUT2D eigenvalue weighted by Crippen LogP contribution is -2.20. The fourth-order valence-corrected chi connectivity index (χ4v) is 5.79. The molecule has 0 aromatic heterocycles. The second-order valence-corrected chi connectivity index (χ2v) is 9.41. The van der Waals surface area contributed by atoms with Crippen molar-refractivity contribution in [3.8, 4) is 0 Å². The van der Waals surface area contributed by atoms with E-state index in [0.29, 0.717) is 0 Å². The number of hydrogen-bond acceptors (Lipinski definition) is 0. The second kappa shape index (κ2) is 10.0. The smallest absolute Gasteiger partial charge is 0.0134 e. The van der Waals surface area contributed by atoms with Crippen LogP contribution in [0, 0.1) is 6.92 Å². The van der Waals surface area contributed by atoms with Gasteiger partial charge >= 0.3 is 0 Å². The molecule has 0 saturated heterocycles. The molecule has 5 aromatic carbocycles. The van der Waals surface area contributed by atoms with Crippen LogP contribution in [0.4, 0.5) is 0 Å². The largest absolute Gasteiger partial charge is 0.0622 e. The van der Waals surface area contributed by atoms with Crippen LogP contribution in [0.1, 0.15) is 5.56 Å². The summed E-state index contributed by atoms with van der Waals surface area (Å²) in [5, 5.41) is 6.84. The van der Waals surface area contributed by atoms with E-state index in [9.17, 15) is 0 Å². The molecule has 0 aliphatic carbocycles. The van der Waals surface area contributed by atoms with Crippen molar-refractivity contribution in [2.75, 3.05) is 0 Å². The van der Waals surface area contributed by atoms with Gasteiger partial charge in [0.1, 0.15) is 0 Å². The van der Waals surface area contributed by atoms with Gasteiger partial charge in [-0.25, -0.2) is 0 Å². The Morgan fingerprint density at radius 1 is 0.400 bits per heavy atom. The average Bonchev–Trinajstić information content (AvgIpc) is 2.82. The van der Waals surface area contributed by atoms with Crippen LogP contribution in [-0.2, 0) is 0 Å². The lowest BCUT2D eigenvalue weighted by molar-refractivity contribution is 1.51. The van der Waals surface area contributed by atoms with E-state index in [1.54, 1.807) is 0 Å². The topological polar surface area (TPSA) is 0 Å². The van der Waals surface area contributed by atoms with Gasteiger partial charge in [0.15, 0.2) is 0 Å². The Hall–Kier alpha value is -3.21. The van der Waals surface area contributed by atoms with Crippen molar-refractivity contribution in [3.05, 3.63) is 139 Å². The molecule has 0 atom stereocenters. The van der Waals surface area contributed by atoms with Gasteiger partial charge in [-0.05, 0) is 41.5 Å². The zero-order valence-electron chi connectivity index (χ0n) is 17.1. The zero-order valence-corrected chi connectivity index (χ0v) is 18.0. The molecule has 30 heavy (non-hydrogen) atoms. The summed E-state index contributed by atoms with van der Waals surface area (Å²) >= 11 is 0. The van der Waals surface area contributed by atoms with E-state index in [-0.39, 0.29) is 0 Å². The summed E-state index contributed by atoms with van der Waals surface area (Å²) in [5.41, 5.74) is 1.32. The predicted octanol–water partition coefficient (Wildman–Crippen LogP) is 6.59. The number of benzene rings is 5. The van der Waals surface area contributed by atoms with Crippen LogP contribution in [0.3, 0.4) is 0 Å². The minimum absolute atomic E-state index is 0.446. The quantitative estimate of drug-likeness (QED) is 0.298. The van der Waals surface area contributed by atoms with E-state index in [2.05, 4.69) is 140 Å². The summed E-state index contributed by atoms with van der Waals surface area (Å²) < 4.78 is 0. The van der Waals surface area contributed by atoms with E-state index in [4.69, 9.17) is 0 Å². The Kier molecular flexibility index (Phi) is 6.70. The van der Waals surface area contributed by atoms with Crippen LogP contribution in [0.25, 0.3) is 10.8 Å². The third kappa shape index (κ3) is 5.03. The molecule has 0 saturated carbocycles. The van der Waals surface area contributed by atoms with Gasteiger partial charge in [0.2, 0.25) is 0 Å². The molecule has 0 aliphatic rings. The van der Waals surface area contributed by atoms with Crippen molar-refractivity contribution in [1.29, 1.82) is 0 Å². The van der Waals surface area contributed by atoms with Crippen LogP contribution >= 0.6 is 7.92 Å². The summed E-state index contributed by atoms with van der Waals surface area (Å²) in [6.45, 7) is 2.12. The molecular formula is C29H25P. The SMILES string of the molecule is Cc1ccc2ccccc2c1.c1ccc(P(c2ccccc2)c2ccccc2)cc1. The third-order valence-corrected chi connectivity index (χ3v) is 7.39. The minimum Gasteiger partial charge on any atom is -0.0622 e. The first kappa shape index (κ1) is 20.1. The maximum atomic E-state index is 2.23. The average molecular weight is 404 g/mol. The molecule has 0 unspecified atom stereocenters. The highest BCUT2D eigenvalue weighted by atomic mass is 31.1. The van der Waals surface area contributed by atoms with Crippen LogP contribution in [0.15, 0.2) is 133 Å². The summed E-state index contributed by atoms with van der Waals surface area (Å²) in [7, 11) is -0.446. The Morgan fingerprint density at radius 3 is 1.27 bits per heavy atom. The molecule has 0 aliphatic heterocycles. The van der Waals surface area contributed by atoms with Gasteiger partial charge in [-0.3, -0.25) is 0 Å². The fourth-order valence-electron chi connectivity index (χ4n) is 3.49. The summed E-state index contributed by atoms with van der Waals surface area (Å²) in [6, 6.07) is 47.2. The standard InChI is InChI=1S/C18H15P.C11H10/c1-4-10-16(11-5-1)19(17-12-6-2-7-13-17)18-14-8-3-9-15-18;1-9-6-7-10-4-2-3-5-11(10)8-9/h1-15H;2-8H,1H3. The van der Waals surface area contributed by atoms with E-state index in [1.165, 1.54) is 32.2 Å². The lowest BCUT2D eigenvalue weighted by Gasteiger charge is -2.18. The van der Waals surface area contributed by atoms with Crippen LogP contribution < -0.4 is 15.9 Å². The number of aryl methyl sites for hydroxylation is 1. The number of rotatable bonds is 3. The molecule has 0 fully saturated rings. The van der Waals surface area contributed by atoms with Crippen LogP contribution in [-0.4, -0.2) is 0 Å². The van der Waals surface area contributed by atoms with Crippen molar-refractivity contribution in [2.45, 2.75) is 6.92 Å². The predicted molar refractivity (Wildman–Crippen MR) is 134 cm³/mol. The van der Waals surface area contributed by atoms with E-state index < -0.39 is 7.92 Å². The van der Waals surface area contributed by atoms with E-state index in [0.717, 1.165) is 0 Å². The number of fused-ring (bicyclic) bond motifs is 1. The van der Waals surface area contributed by atoms with Crippen molar-refractivity contribution in [3.63, 3.8) is 0 Å². The van der Waals surface area contributed by atoms with Crippen molar-refractivity contribution >= 4 is 34.6 Å². The number of hydrogen-bond donors (Lipinski definition) is 0. The highest BCUT2D eigenvalue weighted by Crippen LogP contribution is 2.32. The van der Waals surface area contributed by atoms with Gasteiger partial charge in [0, 0.05) is 0 Å². The lowest BCUT2D eigenvalue weighted by atomic mass is 10.1. The minimum atomic E-state index is -0.446. The van der Waals surface area contributed by atoms with Gasteiger partial charge in [-0.2, -0.15) is 0 Å². The summed E-state index contributed by atoms with van der Waals surface area (Å²) in [4.78, 5) is 0. The first-order valence-electron chi connectivity index (χ1n) is 10.2. The Labute approximate surface area is 180 Å². The summed E-state index contributed by atoms with van der Waals surface area (Å²) in [6.07, 6.45) is 0. The summed E-state index contributed by atoms with van der Waals surface area (Å²) in [5.74, 6) is 0. The molecule has 0 nitrogen and oxygen atoms in total. The highest BCUT2D eigenvalue weighted by molar-refractivity contribution is 7.79. The normalized spacial score (nSPS) is 10.5. The van der Waals surface area contributed by atoms with Gasteiger partial charge in [0.25, 0.3) is 0 Å². The van der Waals surface area contributed by atoms with Gasteiger partial charge in [0.05, 0.1) is 0 Å². The Morgan fingerprint density at radius 2 is 0.800 bits per heavy atom. The highest BCUT2D eigenvalue weighted by Gasteiger charge is 2.14. The van der Waals surface area contributed by atoms with Crippen molar-refractivity contribution in [2.24, 2.45) is 0 Å². The first-order chi connectivity index (χ1) is 14.8. The van der Waals surface area contributed by atoms with Gasteiger partial charge < -0.3 is 0 Å². The molecule has 0 amide bonds. The fraction of sp³-hybridized carbons (Fsp3) is 0.0345. The van der Waals surface area contributed by atoms with E-state index >= 15 is 0 Å². The molecule has 5 rings (SSSR count). The van der Waals surface area contributed by atoms with Crippen LogP contribution in [0.5, 0.6) is 0 Å². The molecule has 0 radical (unpaired) electrons. The molecule has 0 N–H and O–H groups in total. The molecule has 5 aromatic rings. The Balaban J connectivity index is 0.000000168. The maximum Gasteiger partial charge on any atom is -0.0134 e. The molecular weight excluding hydrogens is 379 g/mol. The first-order valence-corrected chi connectivity index (χ1v) is 11.6. The van der Waals surface area contributed by atoms with Gasteiger partial charge in [-0.1, -0.05) is 139 Å². The zero-order chi connectivity index (χ0) is 20.6. The molecule has 0 heterocycles. The van der Waals surface area contributed by atoms with E-state index in [1.807, 2.05) is 0 Å². The molecule has 0 spiro atoms. The monoisotopic (exact) mass is 404 g/mol.